The van der Waals surface area contributed by atoms with Crippen LogP contribution in [0, 0.1) is 0 Å². The number of halogens is 1. The highest BCUT2D eigenvalue weighted by molar-refractivity contribution is 9.10. The molecule has 0 heterocycles. The van der Waals surface area contributed by atoms with Crippen LogP contribution in [-0.4, -0.2) is 6.54 Å². The van der Waals surface area contributed by atoms with Gasteiger partial charge in [-0.1, -0.05) is 33.6 Å². The molecule has 0 atom stereocenters. The lowest BCUT2D eigenvalue weighted by atomic mass is 10.1. The first-order valence-corrected chi connectivity index (χ1v) is 5.27. The maximum Gasteiger partial charge on any atom is 0.0181 e. The normalized spacial score (nSPS) is 14.2. The number of hydrogen-bond acceptors (Lipinski definition) is 1. The van der Waals surface area contributed by atoms with Gasteiger partial charge in [0.05, 0.1) is 0 Å². The van der Waals surface area contributed by atoms with Gasteiger partial charge in [0.1, 0.15) is 0 Å². The molecule has 0 saturated carbocycles. The van der Waals surface area contributed by atoms with E-state index < -0.39 is 0 Å². The standard InChI is InChI=1S/C11H12BrN/c12-11-2-1-9-5-8(3-4-13)6-10(9)7-11/h1-2,6-7H,3-5,13H2. The maximum absolute atomic E-state index is 5.52. The zero-order chi connectivity index (χ0) is 9.26. The summed E-state index contributed by atoms with van der Waals surface area (Å²) >= 11 is 3.47. The summed E-state index contributed by atoms with van der Waals surface area (Å²) in [5.74, 6) is 0. The van der Waals surface area contributed by atoms with Crippen LogP contribution in [0.4, 0.5) is 0 Å². The Balaban J connectivity index is 2.27. The van der Waals surface area contributed by atoms with Crippen molar-refractivity contribution in [3.8, 4) is 0 Å². The third kappa shape index (κ3) is 1.84. The van der Waals surface area contributed by atoms with E-state index in [1.807, 2.05) is 0 Å². The predicted molar refractivity (Wildman–Crippen MR) is 59.5 cm³/mol. The van der Waals surface area contributed by atoms with E-state index in [9.17, 15) is 0 Å². The smallest absolute Gasteiger partial charge is 0.0181 e. The Morgan fingerprint density at radius 1 is 1.38 bits per heavy atom. The van der Waals surface area contributed by atoms with Crippen molar-refractivity contribution in [2.75, 3.05) is 6.54 Å². The Kier molecular flexibility index (Phi) is 2.51. The SMILES string of the molecule is NCCC1=Cc2cc(Br)ccc2C1. The first-order valence-electron chi connectivity index (χ1n) is 4.47. The van der Waals surface area contributed by atoms with E-state index in [0.29, 0.717) is 0 Å². The molecule has 1 nitrogen and oxygen atoms in total. The third-order valence-electron chi connectivity index (χ3n) is 2.35. The quantitative estimate of drug-likeness (QED) is 0.842. The Morgan fingerprint density at radius 2 is 2.23 bits per heavy atom. The van der Waals surface area contributed by atoms with E-state index in [1.165, 1.54) is 16.7 Å². The van der Waals surface area contributed by atoms with Crippen LogP contribution in [0.5, 0.6) is 0 Å². The minimum absolute atomic E-state index is 0.751. The summed E-state index contributed by atoms with van der Waals surface area (Å²) < 4.78 is 1.15. The van der Waals surface area contributed by atoms with E-state index in [-0.39, 0.29) is 0 Å². The van der Waals surface area contributed by atoms with E-state index in [1.54, 1.807) is 0 Å². The van der Waals surface area contributed by atoms with Crippen molar-refractivity contribution < 1.29 is 0 Å². The summed E-state index contributed by atoms with van der Waals surface area (Å²) in [4.78, 5) is 0. The largest absolute Gasteiger partial charge is 0.330 e. The molecule has 13 heavy (non-hydrogen) atoms. The molecular formula is C11H12BrN. The van der Waals surface area contributed by atoms with Gasteiger partial charge in [-0.05, 0) is 42.6 Å². The summed E-state index contributed by atoms with van der Waals surface area (Å²) in [7, 11) is 0. The minimum Gasteiger partial charge on any atom is -0.330 e. The number of fused-ring (bicyclic) bond motifs is 1. The minimum atomic E-state index is 0.751. The van der Waals surface area contributed by atoms with Gasteiger partial charge in [-0.3, -0.25) is 0 Å². The van der Waals surface area contributed by atoms with Gasteiger partial charge in [0, 0.05) is 4.47 Å². The highest BCUT2D eigenvalue weighted by atomic mass is 79.9. The monoisotopic (exact) mass is 237 g/mol. The van der Waals surface area contributed by atoms with E-state index in [0.717, 1.165) is 23.9 Å². The van der Waals surface area contributed by atoms with Crippen LogP contribution in [0.15, 0.2) is 28.2 Å². The third-order valence-corrected chi connectivity index (χ3v) is 2.84. The van der Waals surface area contributed by atoms with Crippen molar-refractivity contribution in [2.45, 2.75) is 12.8 Å². The number of hydrogen-bond donors (Lipinski definition) is 1. The van der Waals surface area contributed by atoms with Crippen LogP contribution < -0.4 is 5.73 Å². The van der Waals surface area contributed by atoms with Crippen molar-refractivity contribution in [1.29, 1.82) is 0 Å². The number of benzene rings is 1. The lowest BCUT2D eigenvalue weighted by Gasteiger charge is -1.98. The van der Waals surface area contributed by atoms with Crippen LogP contribution in [-0.2, 0) is 6.42 Å². The van der Waals surface area contributed by atoms with Gasteiger partial charge < -0.3 is 5.73 Å². The molecule has 0 radical (unpaired) electrons. The second-order valence-corrected chi connectivity index (χ2v) is 4.28. The summed E-state index contributed by atoms with van der Waals surface area (Å²) in [6, 6.07) is 6.44. The van der Waals surface area contributed by atoms with Crippen molar-refractivity contribution in [1.82, 2.24) is 0 Å². The Labute approximate surface area is 86.8 Å². The fourth-order valence-electron chi connectivity index (χ4n) is 1.72. The number of nitrogens with two attached hydrogens (primary N) is 1. The van der Waals surface area contributed by atoms with Crippen LogP contribution >= 0.6 is 15.9 Å². The van der Waals surface area contributed by atoms with Gasteiger partial charge in [0.15, 0.2) is 0 Å². The maximum atomic E-state index is 5.52. The van der Waals surface area contributed by atoms with Gasteiger partial charge in [-0.2, -0.15) is 0 Å². The van der Waals surface area contributed by atoms with E-state index >= 15 is 0 Å². The van der Waals surface area contributed by atoms with Gasteiger partial charge in [-0.15, -0.1) is 0 Å². The fraction of sp³-hybridized carbons (Fsp3) is 0.273. The lowest BCUT2D eigenvalue weighted by molar-refractivity contribution is 0.927. The second kappa shape index (κ2) is 3.64. The van der Waals surface area contributed by atoms with E-state index in [4.69, 9.17) is 5.73 Å². The van der Waals surface area contributed by atoms with Crippen molar-refractivity contribution in [3.63, 3.8) is 0 Å². The van der Waals surface area contributed by atoms with Gasteiger partial charge in [0.2, 0.25) is 0 Å². The molecule has 0 unspecified atom stereocenters. The summed E-state index contributed by atoms with van der Waals surface area (Å²) in [6.45, 7) is 0.751. The molecule has 1 aliphatic rings. The van der Waals surface area contributed by atoms with Crippen molar-refractivity contribution >= 4 is 22.0 Å². The van der Waals surface area contributed by atoms with Crippen LogP contribution in [0.1, 0.15) is 17.5 Å². The average Bonchev–Trinajstić information content (AvgIpc) is 2.46. The lowest BCUT2D eigenvalue weighted by Crippen LogP contribution is -1.99. The topological polar surface area (TPSA) is 26.0 Å². The fourth-order valence-corrected chi connectivity index (χ4v) is 2.10. The molecule has 1 aliphatic carbocycles. The molecule has 0 aromatic heterocycles. The molecule has 2 N–H and O–H groups in total. The molecule has 68 valence electrons. The van der Waals surface area contributed by atoms with Crippen molar-refractivity contribution in [2.24, 2.45) is 5.73 Å². The molecule has 0 fully saturated rings. The number of rotatable bonds is 2. The predicted octanol–water partition coefficient (Wildman–Crippen LogP) is 2.74. The molecular weight excluding hydrogens is 226 g/mol. The zero-order valence-electron chi connectivity index (χ0n) is 7.39. The first-order chi connectivity index (χ1) is 6.29. The average molecular weight is 238 g/mol. The van der Waals surface area contributed by atoms with Crippen molar-refractivity contribution in [3.05, 3.63) is 39.4 Å². The Hall–Kier alpha value is -0.600. The Bertz CT molecular complexity index is 355. The van der Waals surface area contributed by atoms with Crippen LogP contribution in [0.2, 0.25) is 0 Å². The van der Waals surface area contributed by atoms with Gasteiger partial charge in [0.25, 0.3) is 0 Å². The molecule has 1 aromatic rings. The molecule has 1 aromatic carbocycles. The van der Waals surface area contributed by atoms with E-state index in [2.05, 4.69) is 40.2 Å². The highest BCUT2D eigenvalue weighted by Crippen LogP contribution is 2.28. The summed E-state index contributed by atoms with van der Waals surface area (Å²) in [5.41, 5.74) is 9.75. The van der Waals surface area contributed by atoms with Gasteiger partial charge >= 0.3 is 0 Å². The zero-order valence-corrected chi connectivity index (χ0v) is 8.97. The van der Waals surface area contributed by atoms with Crippen LogP contribution in [0.3, 0.4) is 0 Å². The van der Waals surface area contributed by atoms with Crippen LogP contribution in [0.25, 0.3) is 6.08 Å². The first kappa shape index (κ1) is 8.97. The molecule has 2 heteroatoms. The molecule has 0 bridgehead atoms. The molecule has 0 aliphatic heterocycles. The highest BCUT2D eigenvalue weighted by Gasteiger charge is 2.11. The summed E-state index contributed by atoms with van der Waals surface area (Å²) in [6.07, 6.45) is 4.36. The molecule has 0 spiro atoms. The molecule has 2 rings (SSSR count). The summed E-state index contributed by atoms with van der Waals surface area (Å²) in [5, 5.41) is 0. The molecule has 0 saturated heterocycles. The second-order valence-electron chi connectivity index (χ2n) is 3.36. The molecule has 0 amide bonds. The van der Waals surface area contributed by atoms with Gasteiger partial charge in [-0.25, -0.2) is 0 Å². The Morgan fingerprint density at radius 3 is 3.00 bits per heavy atom.